The Hall–Kier alpha value is -1.32. The number of benzene rings is 1. The number of fused-ring (bicyclic) bond motifs is 3. The Labute approximate surface area is 146 Å². The number of hydrogen-bond acceptors (Lipinski definition) is 0. The van der Waals surface area contributed by atoms with Gasteiger partial charge < -0.3 is 14.4 Å². The maximum absolute atomic E-state index is 2.67. The van der Waals surface area contributed by atoms with Gasteiger partial charge in [0, 0.05) is 17.3 Å². The summed E-state index contributed by atoms with van der Waals surface area (Å²) in [6.45, 7) is 14.6. The zero-order valence-electron chi connectivity index (χ0n) is 15.6. The van der Waals surface area contributed by atoms with Gasteiger partial charge in [-0.15, -0.1) is 0 Å². The van der Waals surface area contributed by atoms with Crippen LogP contribution in [0.15, 0.2) is 18.2 Å². The van der Waals surface area contributed by atoms with Crippen molar-refractivity contribution in [1.29, 1.82) is 0 Å². The molecule has 2 atom stereocenters. The highest BCUT2D eigenvalue weighted by Gasteiger charge is 2.37. The predicted molar refractivity (Wildman–Crippen MR) is 100.0 cm³/mol. The summed E-state index contributed by atoms with van der Waals surface area (Å²) in [5.74, 6) is 0. The van der Waals surface area contributed by atoms with Gasteiger partial charge in [-0.25, -0.2) is 0 Å². The molecule has 0 fully saturated rings. The lowest BCUT2D eigenvalue weighted by Gasteiger charge is -2.37. The number of likely N-dealkylation sites (N-methyl/N-ethyl adjacent to an activating group) is 1. The molecule has 1 unspecified atom stereocenters. The summed E-state index contributed by atoms with van der Waals surface area (Å²) in [6.07, 6.45) is 4.03. The van der Waals surface area contributed by atoms with E-state index in [0.717, 1.165) is 6.04 Å². The predicted octanol–water partition coefficient (Wildman–Crippen LogP) is 1.15. The maximum atomic E-state index is 2.67. The summed E-state index contributed by atoms with van der Waals surface area (Å²) in [7, 11) is 0. The lowest BCUT2D eigenvalue weighted by Crippen LogP contribution is -3.20. The Morgan fingerprint density at radius 1 is 1.25 bits per heavy atom. The van der Waals surface area contributed by atoms with Gasteiger partial charge in [0.15, 0.2) is 0 Å². The number of aromatic nitrogens is 1. The number of rotatable bonds is 5. The molecule has 0 saturated heterocycles. The first-order valence-corrected chi connectivity index (χ1v) is 10.0. The molecule has 2 aromatic rings. The Morgan fingerprint density at radius 2 is 2.08 bits per heavy atom. The molecule has 24 heavy (non-hydrogen) atoms. The first kappa shape index (κ1) is 16.2. The van der Waals surface area contributed by atoms with Crippen LogP contribution in [0.4, 0.5) is 0 Å². The van der Waals surface area contributed by atoms with Crippen LogP contribution in [-0.4, -0.2) is 37.3 Å². The van der Waals surface area contributed by atoms with E-state index in [2.05, 4.69) is 43.5 Å². The molecule has 1 aliphatic heterocycles. The third-order valence-electron chi connectivity index (χ3n) is 6.57. The van der Waals surface area contributed by atoms with Crippen LogP contribution in [0.2, 0.25) is 0 Å². The normalized spacial score (nSPS) is 23.0. The lowest BCUT2D eigenvalue weighted by molar-refractivity contribution is -0.976. The van der Waals surface area contributed by atoms with Gasteiger partial charge in [-0.1, -0.05) is 11.6 Å². The van der Waals surface area contributed by atoms with Crippen molar-refractivity contribution in [2.75, 3.05) is 32.7 Å². The monoisotopic (exact) mass is 327 g/mol. The minimum atomic E-state index is 0.741. The van der Waals surface area contributed by atoms with Crippen molar-refractivity contribution < 1.29 is 9.80 Å². The second-order valence-corrected chi connectivity index (χ2v) is 7.85. The summed E-state index contributed by atoms with van der Waals surface area (Å²) in [5, 5.41) is 1.55. The molecule has 3 heteroatoms. The Bertz CT molecular complexity index is 726. The standard InChI is InChI=1S/C21H31N3/c1-4-22(5-2)11-12-23-13-14-24-19-10-9-16(3)15-18(19)17-7-6-8-20(23)21(17)24/h9-10,15,20H,4-8,11-14H2,1-3H3/p+2/t20-/m1/s1. The van der Waals surface area contributed by atoms with E-state index in [1.165, 1.54) is 69.6 Å². The van der Waals surface area contributed by atoms with Crippen LogP contribution in [0.3, 0.4) is 0 Å². The molecule has 0 saturated carbocycles. The molecule has 0 spiro atoms. The molecule has 2 heterocycles. The van der Waals surface area contributed by atoms with Gasteiger partial charge in [0.2, 0.25) is 0 Å². The largest absolute Gasteiger partial charge is 0.334 e. The van der Waals surface area contributed by atoms with Crippen molar-refractivity contribution in [2.45, 2.75) is 52.6 Å². The third kappa shape index (κ3) is 2.58. The van der Waals surface area contributed by atoms with Crippen LogP contribution in [0.25, 0.3) is 10.9 Å². The van der Waals surface area contributed by atoms with Gasteiger partial charge in [0.1, 0.15) is 19.1 Å². The number of hydrogen-bond donors (Lipinski definition) is 2. The molecule has 1 aromatic heterocycles. The van der Waals surface area contributed by atoms with Crippen molar-refractivity contribution in [3.05, 3.63) is 35.0 Å². The molecule has 1 aromatic carbocycles. The van der Waals surface area contributed by atoms with Crippen molar-refractivity contribution in [3.8, 4) is 0 Å². The van der Waals surface area contributed by atoms with Gasteiger partial charge in [0.05, 0.1) is 31.9 Å². The maximum Gasteiger partial charge on any atom is 0.129 e. The fourth-order valence-corrected chi connectivity index (χ4v) is 5.15. The molecule has 3 nitrogen and oxygen atoms in total. The number of quaternary nitrogens is 2. The third-order valence-corrected chi connectivity index (χ3v) is 6.57. The first-order valence-electron chi connectivity index (χ1n) is 10.0. The molecule has 4 rings (SSSR count). The van der Waals surface area contributed by atoms with Crippen LogP contribution < -0.4 is 9.80 Å². The van der Waals surface area contributed by atoms with Crippen LogP contribution >= 0.6 is 0 Å². The second kappa shape index (κ2) is 6.53. The average Bonchev–Trinajstić information content (AvgIpc) is 2.92. The highest BCUT2D eigenvalue weighted by atomic mass is 15.3. The molecule has 1 aliphatic carbocycles. The molecule has 130 valence electrons. The van der Waals surface area contributed by atoms with Gasteiger partial charge >= 0.3 is 0 Å². The summed E-state index contributed by atoms with van der Waals surface area (Å²) in [5.41, 5.74) is 6.26. The number of nitrogens with zero attached hydrogens (tertiary/aromatic N) is 1. The fraction of sp³-hybridized carbons (Fsp3) is 0.619. The van der Waals surface area contributed by atoms with E-state index in [9.17, 15) is 0 Å². The molecule has 0 radical (unpaired) electrons. The Kier molecular flexibility index (Phi) is 4.40. The smallest absolute Gasteiger partial charge is 0.129 e. The van der Waals surface area contributed by atoms with E-state index in [1.807, 2.05) is 4.90 Å². The average molecular weight is 328 g/mol. The van der Waals surface area contributed by atoms with Crippen LogP contribution in [0, 0.1) is 6.92 Å². The molecule has 0 amide bonds. The first-order chi connectivity index (χ1) is 11.7. The van der Waals surface area contributed by atoms with E-state index >= 15 is 0 Å². The minimum absolute atomic E-state index is 0.741. The van der Waals surface area contributed by atoms with Crippen LogP contribution in [-0.2, 0) is 13.0 Å². The van der Waals surface area contributed by atoms with Crippen LogP contribution in [0.1, 0.15) is 49.6 Å². The lowest BCUT2D eigenvalue weighted by atomic mass is 9.89. The fourth-order valence-electron chi connectivity index (χ4n) is 5.15. The van der Waals surface area contributed by atoms with Crippen molar-refractivity contribution >= 4 is 10.9 Å². The molecule has 0 bridgehead atoms. The Morgan fingerprint density at radius 3 is 2.88 bits per heavy atom. The molecule has 2 N–H and O–H groups in total. The summed E-state index contributed by atoms with van der Waals surface area (Å²) < 4.78 is 2.67. The van der Waals surface area contributed by atoms with Gasteiger partial charge in [-0.05, 0) is 51.3 Å². The zero-order chi connectivity index (χ0) is 16.7. The van der Waals surface area contributed by atoms with Crippen molar-refractivity contribution in [2.24, 2.45) is 0 Å². The highest BCUT2D eigenvalue weighted by molar-refractivity contribution is 5.86. The second-order valence-electron chi connectivity index (χ2n) is 7.85. The minimum Gasteiger partial charge on any atom is -0.334 e. The molecule has 2 aliphatic rings. The van der Waals surface area contributed by atoms with Crippen molar-refractivity contribution in [3.63, 3.8) is 0 Å². The highest BCUT2D eigenvalue weighted by Crippen LogP contribution is 2.37. The van der Waals surface area contributed by atoms with E-state index < -0.39 is 0 Å². The van der Waals surface area contributed by atoms with Gasteiger partial charge in [-0.2, -0.15) is 0 Å². The topological polar surface area (TPSA) is 13.8 Å². The summed E-state index contributed by atoms with van der Waals surface area (Å²) in [6, 6.07) is 7.82. The quantitative estimate of drug-likeness (QED) is 0.818. The van der Waals surface area contributed by atoms with Gasteiger partial charge in [0.25, 0.3) is 0 Å². The SMILES string of the molecule is CC[NH+](CC)CC[NH+]1CCn2c3c(c4cc(C)ccc42)CCC[C@H]31. The van der Waals surface area contributed by atoms with Crippen molar-refractivity contribution in [1.82, 2.24) is 4.57 Å². The molecular formula is C21H33N3+2. The van der Waals surface area contributed by atoms with E-state index in [0.29, 0.717) is 0 Å². The summed E-state index contributed by atoms with van der Waals surface area (Å²) in [4.78, 5) is 3.60. The Balaban J connectivity index is 1.67. The van der Waals surface area contributed by atoms with E-state index in [1.54, 1.807) is 21.5 Å². The zero-order valence-corrected chi connectivity index (χ0v) is 15.6. The molecular weight excluding hydrogens is 294 g/mol. The van der Waals surface area contributed by atoms with E-state index in [-0.39, 0.29) is 0 Å². The van der Waals surface area contributed by atoms with Crippen LogP contribution in [0.5, 0.6) is 0 Å². The number of aryl methyl sites for hydroxylation is 2. The van der Waals surface area contributed by atoms with Gasteiger partial charge in [-0.3, -0.25) is 0 Å². The number of nitrogens with one attached hydrogen (secondary N) is 2. The summed E-state index contributed by atoms with van der Waals surface area (Å²) >= 11 is 0. The van der Waals surface area contributed by atoms with E-state index in [4.69, 9.17) is 0 Å².